The van der Waals surface area contributed by atoms with Crippen molar-refractivity contribution in [1.82, 2.24) is 0 Å². The number of rotatable bonds is 3. The fourth-order valence-electron chi connectivity index (χ4n) is 0.902. The summed E-state index contributed by atoms with van der Waals surface area (Å²) in [5, 5.41) is 12.1. The minimum atomic E-state index is -1.53. The van der Waals surface area contributed by atoms with Gasteiger partial charge in [-0.3, -0.25) is 4.79 Å². The van der Waals surface area contributed by atoms with E-state index < -0.39 is 23.5 Å². The van der Waals surface area contributed by atoms with Gasteiger partial charge in [-0.1, -0.05) is 0 Å². The van der Waals surface area contributed by atoms with Crippen LogP contribution in [-0.2, 0) is 9.59 Å². The molecule has 0 spiro atoms. The zero-order chi connectivity index (χ0) is 12.1. The largest absolute Gasteiger partial charge is 0.545 e. The van der Waals surface area contributed by atoms with Gasteiger partial charge in [0.25, 0.3) is 0 Å². The van der Waals surface area contributed by atoms with E-state index in [1.165, 1.54) is 0 Å². The molecule has 0 atom stereocenters. The second-order valence-corrected chi connectivity index (χ2v) is 2.77. The maximum Gasteiger partial charge on any atom is 0.248 e. The molecular weight excluding hydrogens is 220 g/mol. The van der Waals surface area contributed by atoms with Gasteiger partial charge in [-0.05, 0) is 18.2 Å². The number of hydrogen-bond donors (Lipinski definition) is 1. The van der Waals surface area contributed by atoms with Gasteiger partial charge in [0.2, 0.25) is 5.91 Å². The van der Waals surface area contributed by atoms with E-state index in [4.69, 9.17) is 0 Å². The topological polar surface area (TPSA) is 69.2 Å². The van der Waals surface area contributed by atoms with E-state index in [-0.39, 0.29) is 5.69 Å². The number of hydrogen-bond acceptors (Lipinski definition) is 3. The minimum absolute atomic E-state index is 0.0203. The molecule has 0 fully saturated rings. The molecule has 0 radical (unpaired) electrons. The van der Waals surface area contributed by atoms with E-state index in [1.54, 1.807) is 0 Å². The highest BCUT2D eigenvalue weighted by Crippen LogP contribution is 2.12. The van der Waals surface area contributed by atoms with E-state index in [0.717, 1.165) is 18.2 Å². The molecular formula is C10H6F2NO3-. The zero-order valence-electron chi connectivity index (χ0n) is 7.87. The lowest BCUT2D eigenvalue weighted by Crippen LogP contribution is -2.20. The lowest BCUT2D eigenvalue weighted by Gasteiger charge is -2.02. The molecule has 1 aromatic carbocycles. The van der Waals surface area contributed by atoms with Crippen LogP contribution in [0.5, 0.6) is 0 Å². The Morgan fingerprint density at radius 2 is 1.88 bits per heavy atom. The van der Waals surface area contributed by atoms with Crippen LogP contribution in [0.2, 0.25) is 0 Å². The smallest absolute Gasteiger partial charge is 0.248 e. The lowest BCUT2D eigenvalue weighted by molar-refractivity contribution is -0.297. The van der Waals surface area contributed by atoms with Crippen LogP contribution in [0.4, 0.5) is 14.5 Å². The van der Waals surface area contributed by atoms with Crippen molar-refractivity contribution in [3.05, 3.63) is 42.0 Å². The van der Waals surface area contributed by atoms with Crippen molar-refractivity contribution in [3.63, 3.8) is 0 Å². The lowest BCUT2D eigenvalue weighted by atomic mass is 10.3. The molecule has 1 amide bonds. The van der Waals surface area contributed by atoms with Crippen molar-refractivity contribution >= 4 is 17.6 Å². The first kappa shape index (κ1) is 11.8. The molecule has 0 aliphatic heterocycles. The summed E-state index contributed by atoms with van der Waals surface area (Å²) in [6.07, 6.45) is 1.23. The molecule has 0 unspecified atom stereocenters. The SMILES string of the molecule is O=C([O-])C=CC(=O)Nc1ccc(F)c(F)c1. The number of aliphatic carboxylic acids is 1. The predicted molar refractivity (Wildman–Crippen MR) is 49.1 cm³/mol. The van der Waals surface area contributed by atoms with Crippen molar-refractivity contribution < 1.29 is 23.5 Å². The summed E-state index contributed by atoms with van der Waals surface area (Å²) in [5.74, 6) is -4.46. The first-order chi connectivity index (χ1) is 7.49. The van der Waals surface area contributed by atoms with Crippen LogP contribution in [0.1, 0.15) is 0 Å². The van der Waals surface area contributed by atoms with Gasteiger partial charge in [-0.25, -0.2) is 8.78 Å². The van der Waals surface area contributed by atoms with Gasteiger partial charge >= 0.3 is 0 Å². The molecule has 84 valence electrons. The maximum absolute atomic E-state index is 12.7. The maximum atomic E-state index is 12.7. The Morgan fingerprint density at radius 3 is 2.44 bits per heavy atom. The van der Waals surface area contributed by atoms with Crippen LogP contribution in [0.3, 0.4) is 0 Å². The molecule has 1 aromatic rings. The van der Waals surface area contributed by atoms with Crippen LogP contribution in [-0.4, -0.2) is 11.9 Å². The summed E-state index contributed by atoms with van der Waals surface area (Å²) in [6.45, 7) is 0. The summed E-state index contributed by atoms with van der Waals surface area (Å²) < 4.78 is 25.2. The third-order valence-electron chi connectivity index (χ3n) is 1.56. The Bertz CT molecular complexity index is 457. The van der Waals surface area contributed by atoms with Gasteiger partial charge in [0.1, 0.15) is 0 Å². The molecule has 6 heteroatoms. The first-order valence-electron chi connectivity index (χ1n) is 4.14. The minimum Gasteiger partial charge on any atom is -0.545 e. The number of nitrogens with one attached hydrogen (secondary N) is 1. The van der Waals surface area contributed by atoms with E-state index in [1.807, 2.05) is 0 Å². The van der Waals surface area contributed by atoms with Gasteiger partial charge in [-0.2, -0.15) is 0 Å². The Hall–Kier alpha value is -2.24. The van der Waals surface area contributed by atoms with E-state index >= 15 is 0 Å². The van der Waals surface area contributed by atoms with Gasteiger partial charge in [0, 0.05) is 17.8 Å². The number of carbonyl (C=O) groups excluding carboxylic acids is 2. The van der Waals surface area contributed by atoms with Crippen molar-refractivity contribution in [1.29, 1.82) is 0 Å². The number of amides is 1. The fourth-order valence-corrected chi connectivity index (χ4v) is 0.902. The van der Waals surface area contributed by atoms with E-state index in [0.29, 0.717) is 12.2 Å². The molecule has 0 bridgehead atoms. The Morgan fingerprint density at radius 1 is 1.19 bits per heavy atom. The van der Waals surface area contributed by atoms with Crippen molar-refractivity contribution in [2.24, 2.45) is 0 Å². The normalized spacial score (nSPS) is 10.4. The molecule has 1 rings (SSSR count). The summed E-state index contributed by atoms with van der Waals surface area (Å²) in [6, 6.07) is 2.76. The fraction of sp³-hybridized carbons (Fsp3) is 0. The highest BCUT2D eigenvalue weighted by atomic mass is 19.2. The summed E-state index contributed by atoms with van der Waals surface area (Å²) >= 11 is 0. The molecule has 0 aliphatic carbocycles. The number of halogens is 2. The number of carboxylic acids is 1. The van der Waals surface area contributed by atoms with Gasteiger partial charge < -0.3 is 15.2 Å². The quantitative estimate of drug-likeness (QED) is 0.749. The van der Waals surface area contributed by atoms with Crippen molar-refractivity contribution in [2.45, 2.75) is 0 Å². The Labute approximate surface area is 89.2 Å². The molecule has 0 aliphatic rings. The van der Waals surface area contributed by atoms with E-state index in [2.05, 4.69) is 5.32 Å². The molecule has 4 nitrogen and oxygen atoms in total. The molecule has 16 heavy (non-hydrogen) atoms. The van der Waals surface area contributed by atoms with Gasteiger partial charge in [-0.15, -0.1) is 0 Å². The Balaban J connectivity index is 2.70. The highest BCUT2D eigenvalue weighted by molar-refractivity contribution is 6.02. The summed E-state index contributed by atoms with van der Waals surface area (Å²) in [4.78, 5) is 21.0. The van der Waals surface area contributed by atoms with E-state index in [9.17, 15) is 23.5 Å². The van der Waals surface area contributed by atoms with Crippen molar-refractivity contribution in [2.75, 3.05) is 5.32 Å². The van der Waals surface area contributed by atoms with Gasteiger partial charge in [0.15, 0.2) is 11.6 Å². The molecule has 1 N–H and O–H groups in total. The average molecular weight is 226 g/mol. The molecule has 0 saturated heterocycles. The number of carboxylic acid groups (broad SMARTS) is 1. The first-order valence-corrected chi connectivity index (χ1v) is 4.14. The van der Waals surface area contributed by atoms with Crippen LogP contribution in [0.25, 0.3) is 0 Å². The highest BCUT2D eigenvalue weighted by Gasteiger charge is 2.03. The van der Waals surface area contributed by atoms with Gasteiger partial charge in [0.05, 0.1) is 5.97 Å². The monoisotopic (exact) mass is 226 g/mol. The molecule has 0 heterocycles. The Kier molecular flexibility index (Phi) is 3.71. The summed E-state index contributed by atoms with van der Waals surface area (Å²) in [7, 11) is 0. The van der Waals surface area contributed by atoms with Crippen LogP contribution < -0.4 is 10.4 Å². The third-order valence-corrected chi connectivity index (χ3v) is 1.56. The number of carbonyl (C=O) groups is 2. The standard InChI is InChI=1S/C10H7F2NO3/c11-7-2-1-6(5-8(7)12)13-9(14)3-4-10(15)16/h1-5H,(H,13,14)(H,15,16)/p-1. The van der Waals surface area contributed by atoms with Crippen LogP contribution >= 0.6 is 0 Å². The molecule has 0 saturated carbocycles. The average Bonchev–Trinajstić information content (AvgIpc) is 2.21. The second-order valence-electron chi connectivity index (χ2n) is 2.77. The van der Waals surface area contributed by atoms with Crippen LogP contribution in [0, 0.1) is 11.6 Å². The third kappa shape index (κ3) is 3.49. The predicted octanol–water partition coefficient (Wildman–Crippen LogP) is 0.209. The van der Waals surface area contributed by atoms with Crippen LogP contribution in [0.15, 0.2) is 30.4 Å². The zero-order valence-corrected chi connectivity index (χ0v) is 7.87. The van der Waals surface area contributed by atoms with Crippen molar-refractivity contribution in [3.8, 4) is 0 Å². The molecule has 0 aromatic heterocycles. The number of anilines is 1. The second kappa shape index (κ2) is 5.01. The summed E-state index contributed by atoms with van der Waals surface area (Å²) in [5.41, 5.74) is 0.0203. The number of benzene rings is 1.